The highest BCUT2D eigenvalue weighted by Crippen LogP contribution is 2.23. The highest BCUT2D eigenvalue weighted by Gasteiger charge is 2.13. The summed E-state index contributed by atoms with van der Waals surface area (Å²) in [4.78, 5) is 18.2. The van der Waals surface area contributed by atoms with Gasteiger partial charge in [-0.1, -0.05) is 22.9 Å². The normalized spacial score (nSPS) is 12.8. The molecule has 0 N–H and O–H groups in total. The second-order valence-electron chi connectivity index (χ2n) is 5.82. The molecule has 0 unspecified atom stereocenters. The van der Waals surface area contributed by atoms with Crippen LogP contribution in [0.15, 0.2) is 40.2 Å². The highest BCUT2D eigenvalue weighted by molar-refractivity contribution is 7.90. The van der Waals surface area contributed by atoms with E-state index in [-0.39, 0.29) is 17.2 Å². The molecule has 0 fully saturated rings. The fourth-order valence-corrected chi connectivity index (χ4v) is 5.42. The molecule has 0 radical (unpaired) electrons. The number of thiophene rings is 1. The molecule has 144 valence electrons. The maximum Gasteiger partial charge on any atom is 0.253 e. The first-order chi connectivity index (χ1) is 12.8. The van der Waals surface area contributed by atoms with Gasteiger partial charge in [0.15, 0.2) is 14.6 Å². The van der Waals surface area contributed by atoms with Gasteiger partial charge >= 0.3 is 0 Å². The van der Waals surface area contributed by atoms with Crippen LogP contribution >= 0.6 is 34.3 Å². The number of ether oxygens (including phenoxy) is 1. The molecule has 0 aliphatic carbocycles. The maximum absolute atomic E-state index is 12.4. The number of halogens is 1. The molecule has 10 heteroatoms. The van der Waals surface area contributed by atoms with Gasteiger partial charge in [0.2, 0.25) is 0 Å². The van der Waals surface area contributed by atoms with E-state index >= 15 is 0 Å². The maximum atomic E-state index is 12.4. The molecular formula is C17H17ClN2O4S3. The summed E-state index contributed by atoms with van der Waals surface area (Å²) in [6, 6.07) is 8.47. The number of sulfone groups is 1. The first kappa shape index (κ1) is 20.2. The summed E-state index contributed by atoms with van der Waals surface area (Å²) in [7, 11) is -1.72. The molecule has 3 aromatic rings. The Morgan fingerprint density at radius 2 is 2.04 bits per heavy atom. The van der Waals surface area contributed by atoms with Crippen molar-refractivity contribution in [3.8, 4) is 0 Å². The number of carbonyl (C=O) groups is 1. The summed E-state index contributed by atoms with van der Waals surface area (Å²) in [5.74, 6) is -0.283. The largest absolute Gasteiger partial charge is 0.383 e. The monoisotopic (exact) mass is 444 g/mol. The molecule has 2 aromatic heterocycles. The lowest BCUT2D eigenvalue weighted by molar-refractivity contribution is -0.117. The molecule has 0 atom stereocenters. The number of carbonyl (C=O) groups excluding carboxylic acids is 1. The van der Waals surface area contributed by atoms with E-state index < -0.39 is 9.84 Å². The molecular weight excluding hydrogens is 428 g/mol. The standard InChI is InChI=1S/C17H17ClN2O4S3/c1-24-8-7-20-13-5-4-12(27(2,22)23)10-14(13)26-17(20)19-16(21)9-11-3-6-15(18)25-11/h3-6,10H,7-9H2,1-2H3. The van der Waals surface area contributed by atoms with Gasteiger partial charge in [-0.15, -0.1) is 11.3 Å². The molecule has 0 spiro atoms. The van der Waals surface area contributed by atoms with Crippen molar-refractivity contribution in [3.05, 3.63) is 44.3 Å². The van der Waals surface area contributed by atoms with Gasteiger partial charge in [0.05, 0.1) is 32.5 Å². The molecule has 1 amide bonds. The number of rotatable bonds is 6. The first-order valence-electron chi connectivity index (χ1n) is 7.92. The van der Waals surface area contributed by atoms with E-state index in [2.05, 4.69) is 4.99 Å². The van der Waals surface area contributed by atoms with Crippen LogP contribution in [0.1, 0.15) is 4.88 Å². The summed E-state index contributed by atoms with van der Waals surface area (Å²) >= 11 is 8.53. The average molecular weight is 445 g/mol. The Bertz CT molecular complexity index is 1160. The second-order valence-corrected chi connectivity index (χ2v) is 10.6. The Kier molecular flexibility index (Phi) is 6.17. The molecule has 0 saturated heterocycles. The zero-order chi connectivity index (χ0) is 19.6. The second kappa shape index (κ2) is 8.24. The minimum atomic E-state index is -3.31. The third kappa shape index (κ3) is 4.85. The summed E-state index contributed by atoms with van der Waals surface area (Å²) in [5.41, 5.74) is 0.815. The van der Waals surface area contributed by atoms with Crippen molar-refractivity contribution < 1.29 is 17.9 Å². The highest BCUT2D eigenvalue weighted by atomic mass is 35.5. The van der Waals surface area contributed by atoms with Gasteiger partial charge in [0.25, 0.3) is 5.91 Å². The SMILES string of the molecule is COCCn1c(=NC(=O)Cc2ccc(Cl)s2)sc2cc(S(C)(=O)=O)ccc21. The molecule has 0 bridgehead atoms. The molecule has 6 nitrogen and oxygen atoms in total. The summed E-state index contributed by atoms with van der Waals surface area (Å²) in [5, 5.41) is 0. The lowest BCUT2D eigenvalue weighted by atomic mass is 10.3. The topological polar surface area (TPSA) is 77.7 Å². The van der Waals surface area contributed by atoms with Gasteiger partial charge in [-0.05, 0) is 30.3 Å². The number of hydrogen-bond donors (Lipinski definition) is 0. The Hall–Kier alpha value is -1.52. The van der Waals surface area contributed by atoms with Gasteiger partial charge in [-0.2, -0.15) is 4.99 Å². The Labute approximate surface area is 169 Å². The number of methoxy groups -OCH3 is 1. The van der Waals surface area contributed by atoms with Crippen LogP contribution in [-0.2, 0) is 32.3 Å². The van der Waals surface area contributed by atoms with Crippen LogP contribution in [0.3, 0.4) is 0 Å². The van der Waals surface area contributed by atoms with Crippen molar-refractivity contribution in [1.29, 1.82) is 0 Å². The van der Waals surface area contributed by atoms with E-state index in [9.17, 15) is 13.2 Å². The van der Waals surface area contributed by atoms with Crippen molar-refractivity contribution in [2.45, 2.75) is 17.9 Å². The van der Waals surface area contributed by atoms with Gasteiger partial charge in [-0.3, -0.25) is 4.79 Å². The van der Waals surface area contributed by atoms with Crippen LogP contribution in [0.4, 0.5) is 0 Å². The summed E-state index contributed by atoms with van der Waals surface area (Å²) in [6.07, 6.45) is 1.34. The minimum absolute atomic E-state index is 0.171. The zero-order valence-corrected chi connectivity index (χ0v) is 17.8. The molecule has 0 aliphatic heterocycles. The molecule has 1 aromatic carbocycles. The fraction of sp³-hybridized carbons (Fsp3) is 0.294. The van der Waals surface area contributed by atoms with Crippen LogP contribution < -0.4 is 4.80 Å². The Morgan fingerprint density at radius 3 is 2.67 bits per heavy atom. The number of nitrogens with zero attached hydrogens (tertiary/aromatic N) is 2. The van der Waals surface area contributed by atoms with Crippen LogP contribution in [0.25, 0.3) is 10.2 Å². The first-order valence-corrected chi connectivity index (χ1v) is 11.8. The molecule has 2 heterocycles. The quantitative estimate of drug-likeness (QED) is 0.585. The number of aromatic nitrogens is 1. The van der Waals surface area contributed by atoms with Crippen molar-refractivity contribution in [2.24, 2.45) is 4.99 Å². The van der Waals surface area contributed by atoms with Crippen molar-refractivity contribution >= 4 is 60.2 Å². The third-order valence-corrected chi connectivity index (χ3v) is 7.16. The Balaban J connectivity index is 2.04. The van der Waals surface area contributed by atoms with E-state index in [0.717, 1.165) is 15.1 Å². The van der Waals surface area contributed by atoms with Crippen molar-refractivity contribution in [1.82, 2.24) is 4.57 Å². The number of hydrogen-bond acceptors (Lipinski definition) is 6. The number of fused-ring (bicyclic) bond motifs is 1. The average Bonchev–Trinajstić information content (AvgIpc) is 3.14. The predicted molar refractivity (Wildman–Crippen MR) is 108 cm³/mol. The van der Waals surface area contributed by atoms with Crippen LogP contribution in [-0.4, -0.2) is 38.9 Å². The molecule has 0 saturated carbocycles. The van der Waals surface area contributed by atoms with Crippen LogP contribution in [0.5, 0.6) is 0 Å². The van der Waals surface area contributed by atoms with E-state index in [1.807, 2.05) is 10.6 Å². The fourth-order valence-electron chi connectivity index (χ4n) is 2.51. The smallest absolute Gasteiger partial charge is 0.253 e. The lowest BCUT2D eigenvalue weighted by Crippen LogP contribution is -2.19. The minimum Gasteiger partial charge on any atom is -0.383 e. The van der Waals surface area contributed by atoms with Crippen LogP contribution in [0.2, 0.25) is 4.34 Å². The Morgan fingerprint density at radius 1 is 1.26 bits per heavy atom. The van der Waals surface area contributed by atoms with Gasteiger partial charge in [-0.25, -0.2) is 8.42 Å². The van der Waals surface area contributed by atoms with Crippen molar-refractivity contribution in [3.63, 3.8) is 0 Å². The number of benzene rings is 1. The van der Waals surface area contributed by atoms with Crippen LogP contribution in [0, 0.1) is 0 Å². The molecule has 0 aliphatic rings. The summed E-state index contributed by atoms with van der Waals surface area (Å²) in [6.45, 7) is 0.952. The number of thiazole rings is 1. The zero-order valence-electron chi connectivity index (χ0n) is 14.6. The van der Waals surface area contributed by atoms with E-state index in [1.165, 1.54) is 28.9 Å². The lowest BCUT2D eigenvalue weighted by Gasteiger charge is -2.05. The van der Waals surface area contributed by atoms with Crippen molar-refractivity contribution in [2.75, 3.05) is 20.0 Å². The third-order valence-electron chi connectivity index (χ3n) is 3.78. The van der Waals surface area contributed by atoms with Gasteiger partial charge in [0, 0.05) is 24.8 Å². The van der Waals surface area contributed by atoms with Gasteiger partial charge in [0.1, 0.15) is 0 Å². The van der Waals surface area contributed by atoms with E-state index in [4.69, 9.17) is 16.3 Å². The predicted octanol–water partition coefficient (Wildman–Crippen LogP) is 3.14. The molecule has 27 heavy (non-hydrogen) atoms. The summed E-state index contributed by atoms with van der Waals surface area (Å²) < 4.78 is 32.0. The molecule has 3 rings (SSSR count). The van der Waals surface area contributed by atoms with Gasteiger partial charge < -0.3 is 9.30 Å². The van der Waals surface area contributed by atoms with E-state index in [1.54, 1.807) is 31.4 Å². The number of amides is 1. The van der Waals surface area contributed by atoms with E-state index in [0.29, 0.717) is 22.3 Å².